The van der Waals surface area contributed by atoms with Crippen molar-refractivity contribution in [2.75, 3.05) is 13.7 Å². The second-order valence-electron chi connectivity index (χ2n) is 2.63. The molecular formula is C8H12O3. The highest BCUT2D eigenvalue weighted by Crippen LogP contribution is 2.22. The van der Waals surface area contributed by atoms with E-state index in [1.807, 2.05) is 0 Å². The van der Waals surface area contributed by atoms with Gasteiger partial charge in [0.15, 0.2) is 5.78 Å². The predicted octanol–water partition coefficient (Wildman–Crippen LogP) is 1.20. The van der Waals surface area contributed by atoms with Crippen LogP contribution in [-0.2, 0) is 9.53 Å². The lowest BCUT2D eigenvalue weighted by Gasteiger charge is -2.00. The van der Waals surface area contributed by atoms with Crippen molar-refractivity contribution in [3.8, 4) is 0 Å². The Morgan fingerprint density at radius 3 is 2.82 bits per heavy atom. The van der Waals surface area contributed by atoms with E-state index in [1.165, 1.54) is 7.11 Å². The van der Waals surface area contributed by atoms with E-state index < -0.39 is 0 Å². The van der Waals surface area contributed by atoms with Gasteiger partial charge in [0.2, 0.25) is 0 Å². The highest BCUT2D eigenvalue weighted by Gasteiger charge is 2.20. The van der Waals surface area contributed by atoms with Crippen molar-refractivity contribution in [2.24, 2.45) is 0 Å². The number of Topliss-reactive ketones (excluding diaryl/α,β-unsaturated/α-hetero) is 1. The normalized spacial score (nSPS) is 22.5. The van der Waals surface area contributed by atoms with Gasteiger partial charge < -0.3 is 9.84 Å². The first-order chi connectivity index (χ1) is 5.25. The number of aliphatic hydroxyl groups is 1. The highest BCUT2D eigenvalue weighted by molar-refractivity contribution is 5.97. The van der Waals surface area contributed by atoms with Gasteiger partial charge in [-0.05, 0) is 12.8 Å². The van der Waals surface area contributed by atoms with E-state index in [0.717, 1.165) is 6.42 Å². The number of rotatable bonds is 2. The summed E-state index contributed by atoms with van der Waals surface area (Å²) in [6.45, 7) is 0.154. The molecule has 0 unspecified atom stereocenters. The molecule has 0 radical (unpaired) electrons. The molecule has 1 N–H and O–H groups in total. The Kier molecular flexibility index (Phi) is 2.65. The zero-order valence-corrected chi connectivity index (χ0v) is 6.59. The second-order valence-corrected chi connectivity index (χ2v) is 2.63. The van der Waals surface area contributed by atoms with Gasteiger partial charge in [0.05, 0.1) is 0 Å². The van der Waals surface area contributed by atoms with Gasteiger partial charge in [-0.1, -0.05) is 0 Å². The summed E-state index contributed by atoms with van der Waals surface area (Å²) in [4.78, 5) is 11.0. The Morgan fingerprint density at radius 2 is 2.36 bits per heavy atom. The second kappa shape index (κ2) is 3.53. The average molecular weight is 156 g/mol. The largest absolute Gasteiger partial charge is 0.509 e. The molecule has 0 aromatic rings. The standard InChI is InChI=1S/C8H12O3/c1-11-5-8(10)6-3-2-4-7(6)9/h10H,2-5H2,1H3. The zero-order valence-electron chi connectivity index (χ0n) is 6.59. The van der Waals surface area contributed by atoms with Crippen molar-refractivity contribution in [1.29, 1.82) is 0 Å². The van der Waals surface area contributed by atoms with E-state index in [4.69, 9.17) is 4.74 Å². The Balaban J connectivity index is 2.68. The molecule has 1 saturated carbocycles. The van der Waals surface area contributed by atoms with Crippen molar-refractivity contribution < 1.29 is 14.6 Å². The maximum atomic E-state index is 11.0. The molecule has 1 aliphatic rings. The van der Waals surface area contributed by atoms with Crippen LogP contribution in [0.1, 0.15) is 19.3 Å². The first kappa shape index (κ1) is 8.27. The Bertz CT molecular complexity index is 194. The molecule has 0 spiro atoms. The minimum absolute atomic E-state index is 0.0690. The summed E-state index contributed by atoms with van der Waals surface area (Å²) in [7, 11) is 1.50. The van der Waals surface area contributed by atoms with Crippen molar-refractivity contribution >= 4 is 5.78 Å². The molecule has 0 atom stereocenters. The minimum Gasteiger partial charge on any atom is -0.509 e. The van der Waals surface area contributed by atoms with Gasteiger partial charge in [-0.3, -0.25) is 4.79 Å². The van der Waals surface area contributed by atoms with Crippen molar-refractivity contribution in [3.05, 3.63) is 11.3 Å². The molecule has 3 nitrogen and oxygen atoms in total. The molecular weight excluding hydrogens is 144 g/mol. The van der Waals surface area contributed by atoms with Crippen molar-refractivity contribution in [3.63, 3.8) is 0 Å². The average Bonchev–Trinajstić information content (AvgIpc) is 2.36. The van der Waals surface area contributed by atoms with Gasteiger partial charge in [0.25, 0.3) is 0 Å². The summed E-state index contributed by atoms with van der Waals surface area (Å²) in [6.07, 6.45) is 2.14. The SMILES string of the molecule is COCC(O)=C1CCCC1=O. The molecule has 0 aliphatic heterocycles. The molecule has 1 aliphatic carbocycles. The number of hydrogen-bond donors (Lipinski definition) is 1. The summed E-state index contributed by atoms with van der Waals surface area (Å²) in [5, 5.41) is 9.25. The Labute approximate surface area is 65.7 Å². The van der Waals surface area contributed by atoms with E-state index in [1.54, 1.807) is 0 Å². The predicted molar refractivity (Wildman–Crippen MR) is 40.4 cm³/mol. The first-order valence-corrected chi connectivity index (χ1v) is 3.69. The zero-order chi connectivity index (χ0) is 8.27. The van der Waals surface area contributed by atoms with Crippen LogP contribution in [0.3, 0.4) is 0 Å². The number of ether oxygens (including phenoxy) is 1. The summed E-state index contributed by atoms with van der Waals surface area (Å²) < 4.78 is 4.70. The smallest absolute Gasteiger partial charge is 0.162 e. The van der Waals surface area contributed by atoms with Crippen LogP contribution in [0.4, 0.5) is 0 Å². The number of aliphatic hydroxyl groups excluding tert-OH is 1. The fraction of sp³-hybridized carbons (Fsp3) is 0.625. The van der Waals surface area contributed by atoms with Crippen LogP contribution < -0.4 is 0 Å². The maximum Gasteiger partial charge on any atom is 0.162 e. The van der Waals surface area contributed by atoms with Gasteiger partial charge in [-0.15, -0.1) is 0 Å². The van der Waals surface area contributed by atoms with Gasteiger partial charge in [0, 0.05) is 19.1 Å². The van der Waals surface area contributed by atoms with E-state index in [-0.39, 0.29) is 18.1 Å². The van der Waals surface area contributed by atoms with Crippen molar-refractivity contribution in [2.45, 2.75) is 19.3 Å². The number of carbonyl (C=O) groups excluding carboxylic acids is 1. The summed E-state index contributed by atoms with van der Waals surface area (Å²) in [6, 6.07) is 0. The third kappa shape index (κ3) is 1.80. The van der Waals surface area contributed by atoms with Crippen LogP contribution >= 0.6 is 0 Å². The molecule has 0 aromatic carbocycles. The van der Waals surface area contributed by atoms with Crippen LogP contribution in [0.2, 0.25) is 0 Å². The Morgan fingerprint density at radius 1 is 1.64 bits per heavy atom. The van der Waals surface area contributed by atoms with Gasteiger partial charge in [0.1, 0.15) is 12.4 Å². The van der Waals surface area contributed by atoms with E-state index in [9.17, 15) is 9.90 Å². The van der Waals surface area contributed by atoms with Gasteiger partial charge >= 0.3 is 0 Å². The lowest BCUT2D eigenvalue weighted by atomic mass is 10.2. The molecule has 0 saturated heterocycles. The number of methoxy groups -OCH3 is 1. The lowest BCUT2D eigenvalue weighted by molar-refractivity contribution is -0.114. The number of carbonyl (C=O) groups is 1. The third-order valence-corrected chi connectivity index (χ3v) is 1.80. The fourth-order valence-electron chi connectivity index (χ4n) is 1.25. The molecule has 11 heavy (non-hydrogen) atoms. The van der Waals surface area contributed by atoms with Crippen LogP contribution in [-0.4, -0.2) is 24.6 Å². The number of hydrogen-bond acceptors (Lipinski definition) is 3. The van der Waals surface area contributed by atoms with Crippen LogP contribution in [0.5, 0.6) is 0 Å². The van der Waals surface area contributed by atoms with Crippen molar-refractivity contribution in [1.82, 2.24) is 0 Å². The minimum atomic E-state index is 0.0690. The van der Waals surface area contributed by atoms with E-state index >= 15 is 0 Å². The molecule has 0 amide bonds. The third-order valence-electron chi connectivity index (χ3n) is 1.80. The quantitative estimate of drug-likeness (QED) is 0.482. The molecule has 1 rings (SSSR count). The summed E-state index contributed by atoms with van der Waals surface area (Å²) in [5.41, 5.74) is 0.562. The molecule has 3 heteroatoms. The molecule has 0 bridgehead atoms. The van der Waals surface area contributed by atoms with Crippen LogP contribution in [0.25, 0.3) is 0 Å². The lowest BCUT2D eigenvalue weighted by Crippen LogP contribution is -2.02. The fourth-order valence-corrected chi connectivity index (χ4v) is 1.25. The topological polar surface area (TPSA) is 46.5 Å². The maximum absolute atomic E-state index is 11.0. The number of allylic oxidation sites excluding steroid dienone is 1. The first-order valence-electron chi connectivity index (χ1n) is 3.69. The molecule has 62 valence electrons. The van der Waals surface area contributed by atoms with Crippen LogP contribution in [0, 0.1) is 0 Å². The van der Waals surface area contributed by atoms with E-state index in [0.29, 0.717) is 18.4 Å². The van der Waals surface area contributed by atoms with Crippen LogP contribution in [0.15, 0.2) is 11.3 Å². The molecule has 1 fully saturated rings. The molecule has 0 heterocycles. The molecule has 0 aromatic heterocycles. The number of ketones is 1. The monoisotopic (exact) mass is 156 g/mol. The summed E-state index contributed by atoms with van der Waals surface area (Å²) >= 11 is 0. The highest BCUT2D eigenvalue weighted by atomic mass is 16.5. The summed E-state index contributed by atoms with van der Waals surface area (Å²) in [5.74, 6) is 0.176. The van der Waals surface area contributed by atoms with E-state index in [2.05, 4.69) is 0 Å². The van der Waals surface area contributed by atoms with Gasteiger partial charge in [-0.2, -0.15) is 0 Å². The Hall–Kier alpha value is -0.830. The van der Waals surface area contributed by atoms with Gasteiger partial charge in [-0.25, -0.2) is 0 Å².